The maximum atomic E-state index is 9.76. The highest BCUT2D eigenvalue weighted by atomic mass is 16.5. The van der Waals surface area contributed by atoms with Crippen LogP contribution >= 0.6 is 0 Å². The van der Waals surface area contributed by atoms with Crippen molar-refractivity contribution in [2.24, 2.45) is 0 Å². The van der Waals surface area contributed by atoms with E-state index in [2.05, 4.69) is 30.4 Å². The number of hydrogen-bond donors (Lipinski definition) is 2. The summed E-state index contributed by atoms with van der Waals surface area (Å²) >= 11 is 0. The van der Waals surface area contributed by atoms with Crippen molar-refractivity contribution in [3.63, 3.8) is 0 Å². The van der Waals surface area contributed by atoms with Crippen molar-refractivity contribution in [2.75, 3.05) is 20.2 Å². The number of allylic oxidation sites excluding steroid dienone is 1. The van der Waals surface area contributed by atoms with Gasteiger partial charge in [-0.1, -0.05) is 55.5 Å². The van der Waals surface area contributed by atoms with E-state index in [0.717, 1.165) is 28.7 Å². The van der Waals surface area contributed by atoms with E-state index in [0.29, 0.717) is 24.5 Å². The number of hydrogen-bond acceptors (Lipinski definition) is 4. The highest BCUT2D eigenvalue weighted by Crippen LogP contribution is 2.36. The van der Waals surface area contributed by atoms with E-state index in [1.54, 1.807) is 12.1 Å². The lowest BCUT2D eigenvalue weighted by atomic mass is 9.87. The number of nitrogens with one attached hydrogen (secondary N) is 1. The van der Waals surface area contributed by atoms with Crippen molar-refractivity contribution in [2.45, 2.75) is 13.3 Å². The van der Waals surface area contributed by atoms with Gasteiger partial charge in [-0.2, -0.15) is 5.26 Å². The lowest BCUT2D eigenvalue weighted by molar-refractivity contribution is 0.317. The number of rotatable bonds is 8. The first kappa shape index (κ1) is 21.2. The Morgan fingerprint density at radius 2 is 1.67 bits per heavy atom. The van der Waals surface area contributed by atoms with Crippen molar-refractivity contribution in [3.8, 4) is 17.6 Å². The third-order valence-electron chi connectivity index (χ3n) is 4.93. The zero-order chi connectivity index (χ0) is 21.3. The molecule has 3 aromatic carbocycles. The summed E-state index contributed by atoms with van der Waals surface area (Å²) in [5.74, 6) is 0.807. The number of nitrogens with zero attached hydrogens (tertiary/aromatic N) is 1. The van der Waals surface area contributed by atoms with Crippen LogP contribution in [0, 0.1) is 11.3 Å². The largest absolute Gasteiger partial charge is 0.508 e. The number of benzene rings is 3. The second kappa shape index (κ2) is 10.3. The highest BCUT2D eigenvalue weighted by molar-refractivity contribution is 5.98. The first-order valence-corrected chi connectivity index (χ1v) is 10.1. The van der Waals surface area contributed by atoms with Crippen LogP contribution < -0.4 is 10.1 Å². The predicted octanol–water partition coefficient (Wildman–Crippen LogP) is 5.23. The minimum absolute atomic E-state index is 0.224. The SMILES string of the molecule is CC/C(=C(\c1ccc(O)cc1)c1ccc(OCCNC)c(C#N)c1)c1ccccc1. The smallest absolute Gasteiger partial charge is 0.137 e. The van der Waals surface area contributed by atoms with Crippen LogP contribution in [0.25, 0.3) is 11.1 Å². The molecule has 2 N–H and O–H groups in total. The van der Waals surface area contributed by atoms with Crippen LogP contribution in [0.3, 0.4) is 0 Å². The molecule has 0 aliphatic carbocycles. The van der Waals surface area contributed by atoms with Crippen LogP contribution in [0.5, 0.6) is 11.5 Å². The highest BCUT2D eigenvalue weighted by Gasteiger charge is 2.15. The van der Waals surface area contributed by atoms with Gasteiger partial charge >= 0.3 is 0 Å². The van der Waals surface area contributed by atoms with Crippen molar-refractivity contribution >= 4 is 11.1 Å². The molecule has 0 aliphatic heterocycles. The summed E-state index contributed by atoms with van der Waals surface area (Å²) in [6.45, 7) is 3.33. The topological polar surface area (TPSA) is 65.3 Å². The van der Waals surface area contributed by atoms with Crippen LogP contribution in [0.15, 0.2) is 72.8 Å². The van der Waals surface area contributed by atoms with E-state index in [4.69, 9.17) is 4.74 Å². The molecule has 3 rings (SSSR count). The molecule has 0 unspecified atom stereocenters. The molecular weight excluding hydrogens is 372 g/mol. The Morgan fingerprint density at radius 1 is 0.967 bits per heavy atom. The fourth-order valence-corrected chi connectivity index (χ4v) is 3.47. The fourth-order valence-electron chi connectivity index (χ4n) is 3.47. The molecule has 0 bridgehead atoms. The van der Waals surface area contributed by atoms with Gasteiger partial charge in [0.1, 0.15) is 24.2 Å². The predicted molar refractivity (Wildman–Crippen MR) is 121 cm³/mol. The van der Waals surface area contributed by atoms with Gasteiger partial charge in [-0.15, -0.1) is 0 Å². The molecule has 0 spiro atoms. The minimum atomic E-state index is 0.224. The number of nitriles is 1. The Labute approximate surface area is 178 Å². The van der Waals surface area contributed by atoms with Crippen LogP contribution in [-0.4, -0.2) is 25.3 Å². The molecule has 0 atom stereocenters. The molecule has 0 aromatic heterocycles. The first-order valence-electron chi connectivity index (χ1n) is 10.1. The second-order valence-electron chi connectivity index (χ2n) is 6.89. The van der Waals surface area contributed by atoms with Crippen LogP contribution in [0.4, 0.5) is 0 Å². The van der Waals surface area contributed by atoms with E-state index in [1.165, 1.54) is 5.57 Å². The van der Waals surface area contributed by atoms with Gasteiger partial charge in [0.05, 0.1) is 5.56 Å². The van der Waals surface area contributed by atoms with Gasteiger partial charge in [0, 0.05) is 6.54 Å². The van der Waals surface area contributed by atoms with Crippen LogP contribution in [0.2, 0.25) is 0 Å². The Balaban J connectivity index is 2.17. The molecule has 0 heterocycles. The Kier molecular flexibility index (Phi) is 7.26. The maximum absolute atomic E-state index is 9.76. The summed E-state index contributed by atoms with van der Waals surface area (Å²) in [7, 11) is 1.86. The lowest BCUT2D eigenvalue weighted by Gasteiger charge is -2.17. The Morgan fingerprint density at radius 3 is 2.30 bits per heavy atom. The molecule has 0 saturated carbocycles. The van der Waals surface area contributed by atoms with Crippen LogP contribution in [0.1, 0.15) is 35.6 Å². The molecule has 0 amide bonds. The number of phenolic OH excluding ortho intramolecular Hbond substituents is 1. The first-order chi connectivity index (χ1) is 14.7. The van der Waals surface area contributed by atoms with Gasteiger partial charge in [-0.05, 0) is 65.6 Å². The van der Waals surface area contributed by atoms with Crippen molar-refractivity contribution in [1.29, 1.82) is 5.26 Å². The maximum Gasteiger partial charge on any atom is 0.137 e. The van der Waals surface area contributed by atoms with Gasteiger partial charge in [0.25, 0.3) is 0 Å². The molecule has 30 heavy (non-hydrogen) atoms. The monoisotopic (exact) mass is 398 g/mol. The van der Waals surface area contributed by atoms with Gasteiger partial charge in [-0.3, -0.25) is 0 Å². The van der Waals surface area contributed by atoms with Crippen molar-refractivity contribution < 1.29 is 9.84 Å². The summed E-state index contributed by atoms with van der Waals surface area (Å²) in [6.07, 6.45) is 0.822. The summed E-state index contributed by atoms with van der Waals surface area (Å²) in [5, 5.41) is 22.5. The quantitative estimate of drug-likeness (QED) is 0.403. The summed E-state index contributed by atoms with van der Waals surface area (Å²) in [6, 6.07) is 25.5. The van der Waals surface area contributed by atoms with Crippen molar-refractivity contribution in [1.82, 2.24) is 5.32 Å². The molecule has 0 radical (unpaired) electrons. The number of likely N-dealkylation sites (N-methyl/N-ethyl adjacent to an activating group) is 1. The van der Waals surface area contributed by atoms with E-state index in [9.17, 15) is 10.4 Å². The Hall–Kier alpha value is -3.55. The second-order valence-corrected chi connectivity index (χ2v) is 6.89. The standard InChI is InChI=1S/C26H26N2O2/c1-3-24(19-7-5-4-6-8-19)26(20-9-12-23(29)13-10-20)21-11-14-25(22(17-21)18-27)30-16-15-28-2/h4-14,17,28-29H,3,15-16H2,1-2H3/b26-24-. The number of phenols is 1. The van der Waals surface area contributed by atoms with E-state index in [1.807, 2.05) is 55.6 Å². The van der Waals surface area contributed by atoms with Gasteiger partial charge in [0.2, 0.25) is 0 Å². The van der Waals surface area contributed by atoms with Gasteiger partial charge < -0.3 is 15.2 Å². The fraction of sp³-hybridized carbons (Fsp3) is 0.192. The minimum Gasteiger partial charge on any atom is -0.508 e. The summed E-state index contributed by atoms with van der Waals surface area (Å²) in [5.41, 5.74) is 5.79. The normalized spacial score (nSPS) is 11.5. The Bertz CT molecular complexity index is 1050. The lowest BCUT2D eigenvalue weighted by Crippen LogP contribution is -2.16. The average molecular weight is 399 g/mol. The summed E-state index contributed by atoms with van der Waals surface area (Å²) < 4.78 is 5.76. The molecule has 152 valence electrons. The molecule has 4 nitrogen and oxygen atoms in total. The molecular formula is C26H26N2O2. The zero-order valence-corrected chi connectivity index (χ0v) is 17.4. The van der Waals surface area contributed by atoms with Gasteiger partial charge in [-0.25, -0.2) is 0 Å². The van der Waals surface area contributed by atoms with Gasteiger partial charge in [0.15, 0.2) is 0 Å². The molecule has 0 saturated heterocycles. The molecule has 0 fully saturated rings. The average Bonchev–Trinajstić information content (AvgIpc) is 2.79. The van der Waals surface area contributed by atoms with E-state index in [-0.39, 0.29) is 5.75 Å². The third-order valence-corrected chi connectivity index (χ3v) is 4.93. The van der Waals surface area contributed by atoms with Crippen LogP contribution in [-0.2, 0) is 0 Å². The zero-order valence-electron chi connectivity index (χ0n) is 17.4. The molecule has 3 aromatic rings. The number of ether oxygens (including phenoxy) is 1. The van der Waals surface area contributed by atoms with E-state index >= 15 is 0 Å². The van der Waals surface area contributed by atoms with E-state index < -0.39 is 0 Å². The van der Waals surface area contributed by atoms with Crippen molar-refractivity contribution in [3.05, 3.63) is 95.1 Å². The summed E-state index contributed by atoms with van der Waals surface area (Å²) in [4.78, 5) is 0. The number of aromatic hydroxyl groups is 1. The molecule has 4 heteroatoms. The molecule has 0 aliphatic rings. The third kappa shape index (κ3) is 4.89.